The summed E-state index contributed by atoms with van der Waals surface area (Å²) in [5.41, 5.74) is 0.724. The number of nitrogens with one attached hydrogen (secondary N) is 1. The SMILES string of the molecule is COc1cc(C)sc1C(=O)NC[C@@H]1CCN(c2cnn(C)c(=O)c2)C1. The molecular weight excluding hydrogens is 340 g/mol. The van der Waals surface area contributed by atoms with Crippen LogP contribution in [0.1, 0.15) is 21.0 Å². The fourth-order valence-electron chi connectivity index (χ4n) is 2.98. The van der Waals surface area contributed by atoms with Crippen molar-refractivity contribution in [2.24, 2.45) is 13.0 Å². The van der Waals surface area contributed by atoms with E-state index in [0.29, 0.717) is 23.1 Å². The lowest BCUT2D eigenvalue weighted by molar-refractivity contribution is 0.0949. The Morgan fingerprint density at radius 1 is 1.48 bits per heavy atom. The van der Waals surface area contributed by atoms with E-state index in [-0.39, 0.29) is 11.5 Å². The van der Waals surface area contributed by atoms with Gasteiger partial charge in [-0.1, -0.05) is 0 Å². The molecule has 1 aliphatic rings. The number of ether oxygens (including phenoxy) is 1. The fraction of sp³-hybridized carbons (Fsp3) is 0.471. The highest BCUT2D eigenvalue weighted by Crippen LogP contribution is 2.28. The van der Waals surface area contributed by atoms with Crippen LogP contribution in [-0.2, 0) is 7.05 Å². The number of nitrogens with zero attached hydrogens (tertiary/aromatic N) is 3. The van der Waals surface area contributed by atoms with Gasteiger partial charge in [0, 0.05) is 37.6 Å². The average molecular weight is 362 g/mol. The zero-order valence-electron chi connectivity index (χ0n) is 14.6. The Balaban J connectivity index is 1.57. The lowest BCUT2D eigenvalue weighted by Crippen LogP contribution is -2.31. The van der Waals surface area contributed by atoms with Crippen molar-refractivity contribution >= 4 is 22.9 Å². The number of carbonyl (C=O) groups is 1. The van der Waals surface area contributed by atoms with E-state index in [1.807, 2.05) is 13.0 Å². The Labute approximate surface area is 150 Å². The minimum atomic E-state index is -0.116. The van der Waals surface area contributed by atoms with E-state index >= 15 is 0 Å². The van der Waals surface area contributed by atoms with Gasteiger partial charge in [-0.05, 0) is 25.3 Å². The third-order valence-corrected chi connectivity index (χ3v) is 5.43. The number of amides is 1. The number of methoxy groups -OCH3 is 1. The van der Waals surface area contributed by atoms with E-state index in [2.05, 4.69) is 15.3 Å². The van der Waals surface area contributed by atoms with Crippen molar-refractivity contribution in [3.63, 3.8) is 0 Å². The van der Waals surface area contributed by atoms with E-state index < -0.39 is 0 Å². The van der Waals surface area contributed by atoms with Gasteiger partial charge in [-0.2, -0.15) is 5.10 Å². The first kappa shape index (κ1) is 17.5. The summed E-state index contributed by atoms with van der Waals surface area (Å²) in [7, 11) is 3.21. The number of anilines is 1. The summed E-state index contributed by atoms with van der Waals surface area (Å²) in [6.45, 7) is 4.22. The van der Waals surface area contributed by atoms with E-state index in [1.165, 1.54) is 16.0 Å². The van der Waals surface area contributed by atoms with Gasteiger partial charge in [-0.15, -0.1) is 11.3 Å². The molecule has 2 aromatic rings. The lowest BCUT2D eigenvalue weighted by atomic mass is 10.1. The Bertz CT molecular complexity index is 830. The number of aryl methyl sites for hydroxylation is 2. The number of rotatable bonds is 5. The van der Waals surface area contributed by atoms with Crippen LogP contribution in [-0.4, -0.2) is 42.4 Å². The van der Waals surface area contributed by atoms with Crippen molar-refractivity contribution in [2.45, 2.75) is 13.3 Å². The van der Waals surface area contributed by atoms with Crippen molar-refractivity contribution in [1.29, 1.82) is 0 Å². The molecule has 1 atom stereocenters. The van der Waals surface area contributed by atoms with Crippen molar-refractivity contribution < 1.29 is 9.53 Å². The molecule has 1 aliphatic heterocycles. The van der Waals surface area contributed by atoms with Crippen molar-refractivity contribution in [2.75, 3.05) is 31.6 Å². The molecule has 1 N–H and O–H groups in total. The van der Waals surface area contributed by atoms with Gasteiger partial charge in [-0.3, -0.25) is 9.59 Å². The lowest BCUT2D eigenvalue weighted by Gasteiger charge is -2.18. The molecule has 0 bridgehead atoms. The quantitative estimate of drug-likeness (QED) is 0.870. The van der Waals surface area contributed by atoms with Crippen LogP contribution in [0.2, 0.25) is 0 Å². The van der Waals surface area contributed by atoms with Gasteiger partial charge in [-0.25, -0.2) is 4.68 Å². The topological polar surface area (TPSA) is 76.5 Å². The van der Waals surface area contributed by atoms with Gasteiger partial charge in [0.05, 0.1) is 19.0 Å². The third-order valence-electron chi connectivity index (χ3n) is 4.40. The second-order valence-electron chi connectivity index (χ2n) is 6.24. The second-order valence-corrected chi connectivity index (χ2v) is 7.50. The minimum Gasteiger partial charge on any atom is -0.495 e. The molecule has 8 heteroatoms. The Kier molecular flexibility index (Phi) is 5.08. The Hall–Kier alpha value is -2.35. The highest BCUT2D eigenvalue weighted by molar-refractivity contribution is 7.14. The molecule has 1 saturated heterocycles. The molecule has 7 nitrogen and oxygen atoms in total. The zero-order chi connectivity index (χ0) is 18.0. The van der Waals surface area contributed by atoms with Crippen LogP contribution < -0.4 is 20.5 Å². The monoisotopic (exact) mass is 362 g/mol. The van der Waals surface area contributed by atoms with E-state index in [0.717, 1.165) is 30.1 Å². The molecule has 0 unspecified atom stereocenters. The van der Waals surface area contributed by atoms with Crippen LogP contribution in [0.3, 0.4) is 0 Å². The molecule has 2 aromatic heterocycles. The number of hydrogen-bond donors (Lipinski definition) is 1. The highest BCUT2D eigenvalue weighted by Gasteiger charge is 2.24. The smallest absolute Gasteiger partial charge is 0.268 e. The predicted molar refractivity (Wildman–Crippen MR) is 97.7 cm³/mol. The van der Waals surface area contributed by atoms with Crippen LogP contribution >= 0.6 is 11.3 Å². The summed E-state index contributed by atoms with van der Waals surface area (Å²) < 4.78 is 6.57. The Morgan fingerprint density at radius 2 is 2.28 bits per heavy atom. The van der Waals surface area contributed by atoms with Gasteiger partial charge < -0.3 is 15.0 Å². The van der Waals surface area contributed by atoms with Crippen LogP contribution in [0.25, 0.3) is 0 Å². The number of aromatic nitrogens is 2. The number of thiophene rings is 1. The summed E-state index contributed by atoms with van der Waals surface area (Å²) >= 11 is 1.44. The first-order chi connectivity index (χ1) is 12.0. The summed E-state index contributed by atoms with van der Waals surface area (Å²) in [6, 6.07) is 3.48. The fourth-order valence-corrected chi connectivity index (χ4v) is 3.88. The average Bonchev–Trinajstić information content (AvgIpc) is 3.21. The zero-order valence-corrected chi connectivity index (χ0v) is 15.4. The normalized spacial score (nSPS) is 16.9. The molecule has 0 aliphatic carbocycles. The molecule has 3 heterocycles. The summed E-state index contributed by atoms with van der Waals surface area (Å²) in [4.78, 5) is 27.9. The predicted octanol–water partition coefficient (Wildman–Crippen LogP) is 1.42. The van der Waals surface area contributed by atoms with Gasteiger partial charge in [0.2, 0.25) is 0 Å². The molecular formula is C17H22N4O3S. The van der Waals surface area contributed by atoms with E-state index in [9.17, 15) is 9.59 Å². The molecule has 134 valence electrons. The van der Waals surface area contributed by atoms with Gasteiger partial charge >= 0.3 is 0 Å². The molecule has 0 saturated carbocycles. The highest BCUT2D eigenvalue weighted by atomic mass is 32.1. The van der Waals surface area contributed by atoms with Crippen LogP contribution in [0.15, 0.2) is 23.1 Å². The molecule has 1 amide bonds. The largest absolute Gasteiger partial charge is 0.495 e. The van der Waals surface area contributed by atoms with Gasteiger partial charge in [0.15, 0.2) is 0 Å². The van der Waals surface area contributed by atoms with Gasteiger partial charge in [0.25, 0.3) is 11.5 Å². The van der Waals surface area contributed by atoms with Crippen LogP contribution in [0, 0.1) is 12.8 Å². The molecule has 25 heavy (non-hydrogen) atoms. The van der Waals surface area contributed by atoms with Crippen molar-refractivity contribution in [3.8, 4) is 5.75 Å². The first-order valence-electron chi connectivity index (χ1n) is 8.19. The number of hydrogen-bond acceptors (Lipinski definition) is 6. The molecule has 0 radical (unpaired) electrons. The summed E-state index contributed by atoms with van der Waals surface area (Å²) in [5.74, 6) is 0.878. The summed E-state index contributed by atoms with van der Waals surface area (Å²) in [6.07, 6.45) is 2.68. The first-order valence-corrected chi connectivity index (χ1v) is 9.00. The van der Waals surface area contributed by atoms with Crippen molar-refractivity contribution in [3.05, 3.63) is 38.4 Å². The van der Waals surface area contributed by atoms with Crippen molar-refractivity contribution in [1.82, 2.24) is 15.1 Å². The van der Waals surface area contributed by atoms with Crippen LogP contribution in [0.4, 0.5) is 5.69 Å². The van der Waals surface area contributed by atoms with Crippen LogP contribution in [0.5, 0.6) is 5.75 Å². The molecule has 3 rings (SSSR count). The van der Waals surface area contributed by atoms with E-state index in [4.69, 9.17) is 4.74 Å². The summed E-state index contributed by atoms with van der Waals surface area (Å²) in [5, 5.41) is 7.07. The Morgan fingerprint density at radius 3 is 3.00 bits per heavy atom. The molecule has 0 spiro atoms. The maximum Gasteiger partial charge on any atom is 0.268 e. The van der Waals surface area contributed by atoms with E-state index in [1.54, 1.807) is 26.4 Å². The van der Waals surface area contributed by atoms with Gasteiger partial charge in [0.1, 0.15) is 10.6 Å². The molecule has 0 aromatic carbocycles. The maximum absolute atomic E-state index is 12.4. The third kappa shape index (κ3) is 3.84. The second kappa shape index (κ2) is 7.26. The molecule has 1 fully saturated rings. The minimum absolute atomic E-state index is 0.0938. The standard InChI is InChI=1S/C17H22N4O3S/c1-11-6-14(24-3)16(25-11)17(23)18-8-12-4-5-21(10-12)13-7-15(22)20(2)19-9-13/h6-7,9,12H,4-5,8,10H2,1-3H3,(H,18,23)/t12-/m0/s1. The number of carbonyl (C=O) groups excluding carboxylic acids is 1. The maximum atomic E-state index is 12.4.